The van der Waals surface area contributed by atoms with Crippen LogP contribution in [0.3, 0.4) is 0 Å². The van der Waals surface area contributed by atoms with Gasteiger partial charge in [0.1, 0.15) is 0 Å². The van der Waals surface area contributed by atoms with E-state index in [0.717, 1.165) is 22.2 Å². The molecule has 0 bridgehead atoms. The Balaban J connectivity index is 1.55. The number of aliphatic imine (C=N–C) groups is 1. The van der Waals surface area contributed by atoms with Crippen LogP contribution in [0.15, 0.2) is 94.3 Å². The van der Waals surface area contributed by atoms with E-state index in [1.807, 2.05) is 73.7 Å². The molecule has 132 valence electrons. The van der Waals surface area contributed by atoms with Crippen LogP contribution in [-0.2, 0) is 4.79 Å². The van der Waals surface area contributed by atoms with Gasteiger partial charge in [0, 0.05) is 0 Å². The fraction of sp³-hybridized carbons (Fsp3) is 0.0435. The quantitative estimate of drug-likeness (QED) is 0.603. The summed E-state index contributed by atoms with van der Waals surface area (Å²) in [5.41, 5.74) is 2.96. The Morgan fingerprint density at radius 1 is 0.963 bits per heavy atom. The molecule has 0 aromatic heterocycles. The van der Waals surface area contributed by atoms with Gasteiger partial charge in [0.15, 0.2) is 5.17 Å². The van der Waals surface area contributed by atoms with Gasteiger partial charge in [-0.05, 0) is 58.8 Å². The molecular formula is C23H18N2OS. The lowest BCUT2D eigenvalue weighted by Crippen LogP contribution is -2.19. The molecule has 0 saturated carbocycles. The zero-order valence-electron chi connectivity index (χ0n) is 14.8. The molecule has 1 saturated heterocycles. The van der Waals surface area contributed by atoms with Gasteiger partial charge < -0.3 is 5.32 Å². The van der Waals surface area contributed by atoms with Gasteiger partial charge in [-0.3, -0.25) is 4.79 Å². The molecule has 4 heteroatoms. The molecule has 4 rings (SSSR count). The van der Waals surface area contributed by atoms with Crippen molar-refractivity contribution in [2.45, 2.75) is 6.92 Å². The van der Waals surface area contributed by atoms with Crippen LogP contribution in [0.5, 0.6) is 0 Å². The highest BCUT2D eigenvalue weighted by atomic mass is 32.2. The van der Waals surface area contributed by atoms with E-state index in [4.69, 9.17) is 0 Å². The van der Waals surface area contributed by atoms with Crippen LogP contribution in [-0.4, -0.2) is 11.1 Å². The number of hydrogen-bond acceptors (Lipinski definition) is 3. The van der Waals surface area contributed by atoms with Crippen LogP contribution in [0.1, 0.15) is 12.5 Å². The number of carbonyl (C=O) groups excluding carboxylic acids is 1. The molecule has 3 aromatic rings. The van der Waals surface area contributed by atoms with E-state index in [0.29, 0.717) is 10.1 Å². The van der Waals surface area contributed by atoms with Crippen molar-refractivity contribution >= 4 is 45.4 Å². The number of nitrogens with one attached hydrogen (secondary N) is 1. The maximum Gasteiger partial charge on any atom is 0.264 e. The largest absolute Gasteiger partial charge is 0.300 e. The number of benzene rings is 3. The molecule has 0 aliphatic carbocycles. The number of thioether (sulfide) groups is 1. The SMILES string of the molecule is CC(=Cc1ccccc1)C=C1SC(=Nc2ccc3ccccc3c2)NC1=O. The van der Waals surface area contributed by atoms with Gasteiger partial charge in [-0.2, -0.15) is 0 Å². The molecule has 27 heavy (non-hydrogen) atoms. The van der Waals surface area contributed by atoms with Crippen molar-refractivity contribution in [3.05, 3.63) is 94.9 Å². The minimum absolute atomic E-state index is 0.111. The predicted molar refractivity (Wildman–Crippen MR) is 115 cm³/mol. The fourth-order valence-corrected chi connectivity index (χ4v) is 3.80. The van der Waals surface area contributed by atoms with Crippen molar-refractivity contribution in [1.29, 1.82) is 0 Å². The second kappa shape index (κ2) is 7.64. The van der Waals surface area contributed by atoms with E-state index in [2.05, 4.69) is 28.5 Å². The molecule has 1 aliphatic rings. The Bertz CT molecular complexity index is 1100. The summed E-state index contributed by atoms with van der Waals surface area (Å²) in [6.45, 7) is 1.99. The van der Waals surface area contributed by atoms with E-state index >= 15 is 0 Å². The van der Waals surface area contributed by atoms with E-state index in [9.17, 15) is 4.79 Å². The van der Waals surface area contributed by atoms with Gasteiger partial charge >= 0.3 is 0 Å². The summed E-state index contributed by atoms with van der Waals surface area (Å²) in [4.78, 5) is 17.5. The van der Waals surface area contributed by atoms with Gasteiger partial charge in [0.05, 0.1) is 10.6 Å². The first-order valence-corrected chi connectivity index (χ1v) is 9.51. The molecule has 1 aliphatic heterocycles. The number of nitrogens with zero attached hydrogens (tertiary/aromatic N) is 1. The van der Waals surface area contributed by atoms with Crippen LogP contribution < -0.4 is 5.32 Å². The van der Waals surface area contributed by atoms with Crippen LogP contribution >= 0.6 is 11.8 Å². The zero-order valence-corrected chi connectivity index (χ0v) is 15.7. The number of allylic oxidation sites excluding steroid dienone is 2. The summed E-state index contributed by atoms with van der Waals surface area (Å²) in [7, 11) is 0. The number of amides is 1. The third-order valence-electron chi connectivity index (χ3n) is 4.17. The fourth-order valence-electron chi connectivity index (χ4n) is 2.90. The molecule has 0 radical (unpaired) electrons. The Morgan fingerprint density at radius 3 is 2.52 bits per heavy atom. The highest BCUT2D eigenvalue weighted by Gasteiger charge is 2.23. The lowest BCUT2D eigenvalue weighted by molar-refractivity contribution is -0.115. The Morgan fingerprint density at radius 2 is 1.70 bits per heavy atom. The minimum Gasteiger partial charge on any atom is -0.300 e. The molecule has 1 N–H and O–H groups in total. The molecule has 1 heterocycles. The highest BCUT2D eigenvalue weighted by molar-refractivity contribution is 8.18. The van der Waals surface area contributed by atoms with Crippen molar-refractivity contribution < 1.29 is 4.79 Å². The number of carbonyl (C=O) groups is 1. The lowest BCUT2D eigenvalue weighted by Gasteiger charge is -2.00. The Hall–Kier alpha value is -3.11. The lowest BCUT2D eigenvalue weighted by atomic mass is 10.1. The van der Waals surface area contributed by atoms with Crippen LogP contribution in [0, 0.1) is 0 Å². The molecule has 3 aromatic carbocycles. The smallest absolute Gasteiger partial charge is 0.264 e. The topological polar surface area (TPSA) is 41.5 Å². The van der Waals surface area contributed by atoms with Crippen molar-refractivity contribution in [3.8, 4) is 0 Å². The van der Waals surface area contributed by atoms with Crippen molar-refractivity contribution in [3.63, 3.8) is 0 Å². The third-order valence-corrected chi connectivity index (χ3v) is 5.08. The van der Waals surface area contributed by atoms with Crippen LogP contribution in [0.2, 0.25) is 0 Å². The van der Waals surface area contributed by atoms with Crippen molar-refractivity contribution in [2.75, 3.05) is 0 Å². The number of rotatable bonds is 3. The second-order valence-electron chi connectivity index (χ2n) is 6.31. The summed E-state index contributed by atoms with van der Waals surface area (Å²) in [5, 5.41) is 5.76. The van der Waals surface area contributed by atoms with Gasteiger partial charge in [-0.25, -0.2) is 4.99 Å². The first kappa shape index (κ1) is 17.3. The van der Waals surface area contributed by atoms with Crippen LogP contribution in [0.4, 0.5) is 5.69 Å². The molecule has 3 nitrogen and oxygen atoms in total. The highest BCUT2D eigenvalue weighted by Crippen LogP contribution is 2.28. The van der Waals surface area contributed by atoms with Gasteiger partial charge in [0.2, 0.25) is 0 Å². The predicted octanol–water partition coefficient (Wildman–Crippen LogP) is 5.68. The first-order valence-electron chi connectivity index (χ1n) is 8.69. The molecule has 1 fully saturated rings. The maximum absolute atomic E-state index is 12.3. The van der Waals surface area contributed by atoms with Crippen LogP contribution in [0.25, 0.3) is 16.8 Å². The molecule has 1 amide bonds. The summed E-state index contributed by atoms with van der Waals surface area (Å²) >= 11 is 1.37. The average Bonchev–Trinajstić information content (AvgIpc) is 3.01. The van der Waals surface area contributed by atoms with Gasteiger partial charge in [-0.15, -0.1) is 0 Å². The first-order chi connectivity index (χ1) is 13.2. The monoisotopic (exact) mass is 370 g/mol. The zero-order chi connectivity index (χ0) is 18.6. The third kappa shape index (κ3) is 4.18. The summed E-state index contributed by atoms with van der Waals surface area (Å²) in [5.74, 6) is -0.111. The molecule has 0 spiro atoms. The van der Waals surface area contributed by atoms with Gasteiger partial charge in [-0.1, -0.05) is 66.7 Å². The normalized spacial score (nSPS) is 17.7. The summed E-state index contributed by atoms with van der Waals surface area (Å²) in [6.07, 6.45) is 3.95. The standard InChI is InChI=1S/C23H18N2OS/c1-16(13-17-7-3-2-4-8-17)14-21-22(26)25-23(27-21)24-20-12-11-18-9-5-6-10-19(18)15-20/h2-15H,1H3,(H,24,25,26). The number of hydrogen-bond donors (Lipinski definition) is 1. The average molecular weight is 370 g/mol. The second-order valence-corrected chi connectivity index (χ2v) is 7.34. The summed E-state index contributed by atoms with van der Waals surface area (Å²) in [6, 6.07) is 24.2. The van der Waals surface area contributed by atoms with E-state index in [1.165, 1.54) is 17.1 Å². The van der Waals surface area contributed by atoms with E-state index < -0.39 is 0 Å². The summed E-state index contributed by atoms with van der Waals surface area (Å²) < 4.78 is 0. The minimum atomic E-state index is -0.111. The Labute approximate surface area is 162 Å². The number of fused-ring (bicyclic) bond motifs is 1. The van der Waals surface area contributed by atoms with Crippen molar-refractivity contribution in [2.24, 2.45) is 4.99 Å². The molecule has 0 unspecified atom stereocenters. The molecular weight excluding hydrogens is 352 g/mol. The van der Waals surface area contributed by atoms with Gasteiger partial charge in [0.25, 0.3) is 5.91 Å². The van der Waals surface area contributed by atoms with Crippen molar-refractivity contribution in [1.82, 2.24) is 5.32 Å². The maximum atomic E-state index is 12.3. The number of amidine groups is 1. The van der Waals surface area contributed by atoms with E-state index in [-0.39, 0.29) is 5.91 Å². The Kier molecular flexibility index (Phi) is 4.90. The molecule has 0 atom stereocenters. The van der Waals surface area contributed by atoms with E-state index in [1.54, 1.807) is 0 Å².